The first-order valence-electron chi connectivity index (χ1n) is 7.08. The molecule has 0 radical (unpaired) electrons. The second-order valence-electron chi connectivity index (χ2n) is 4.97. The van der Waals surface area contributed by atoms with Gasteiger partial charge in [-0.2, -0.15) is 5.26 Å². The molecule has 0 spiro atoms. The van der Waals surface area contributed by atoms with Gasteiger partial charge in [0.15, 0.2) is 5.16 Å². The fourth-order valence-electron chi connectivity index (χ4n) is 2.38. The zero-order valence-corrected chi connectivity index (χ0v) is 13.5. The minimum Gasteiger partial charge on any atom is -0.300 e. The summed E-state index contributed by atoms with van der Waals surface area (Å²) in [6, 6.07) is 15.6. The fourth-order valence-corrected chi connectivity index (χ4v) is 2.75. The first-order chi connectivity index (χ1) is 11.6. The van der Waals surface area contributed by atoms with Crippen LogP contribution in [0.1, 0.15) is 5.56 Å². The molecule has 0 bridgehead atoms. The summed E-state index contributed by atoms with van der Waals surface area (Å²) in [6.45, 7) is 0. The normalized spacial score (nSPS) is 10.4. The van der Waals surface area contributed by atoms with E-state index in [2.05, 4.69) is 9.97 Å². The van der Waals surface area contributed by atoms with Crippen LogP contribution in [-0.4, -0.2) is 16.2 Å². The summed E-state index contributed by atoms with van der Waals surface area (Å²) in [7, 11) is 0. The van der Waals surface area contributed by atoms with Crippen LogP contribution in [0, 0.1) is 17.1 Å². The Kier molecular flexibility index (Phi) is 4.45. The number of nitrogens with one attached hydrogen (secondary N) is 1. The molecule has 0 unspecified atom stereocenters. The quantitative estimate of drug-likeness (QED) is 0.582. The third-order valence-corrected chi connectivity index (χ3v) is 4.11. The SMILES string of the molecule is CSc1nc(-c2ccc(-c3ccccc3)c(F)c2)c(C#N)c(=O)[nH]1. The molecule has 3 aromatic rings. The van der Waals surface area contributed by atoms with Gasteiger partial charge in [0.2, 0.25) is 0 Å². The molecule has 0 fully saturated rings. The number of H-pyrrole nitrogens is 1. The molecule has 1 heterocycles. The first kappa shape index (κ1) is 16.0. The van der Waals surface area contributed by atoms with Crippen LogP contribution < -0.4 is 5.56 Å². The standard InChI is InChI=1S/C18H12FN3OS/c1-24-18-21-16(14(10-20)17(23)22-18)12-7-8-13(15(19)9-12)11-5-3-2-4-6-11/h2-9H,1H3,(H,21,22,23). The number of aromatic nitrogens is 2. The molecule has 1 aromatic heterocycles. The lowest BCUT2D eigenvalue weighted by molar-refractivity contribution is 0.631. The van der Waals surface area contributed by atoms with Crippen molar-refractivity contribution >= 4 is 11.8 Å². The van der Waals surface area contributed by atoms with E-state index in [-0.39, 0.29) is 11.3 Å². The van der Waals surface area contributed by atoms with Crippen LogP contribution in [0.15, 0.2) is 58.5 Å². The number of aromatic amines is 1. The number of benzene rings is 2. The van der Waals surface area contributed by atoms with Crippen molar-refractivity contribution < 1.29 is 4.39 Å². The molecule has 0 aliphatic heterocycles. The highest BCUT2D eigenvalue weighted by molar-refractivity contribution is 7.98. The van der Waals surface area contributed by atoms with Crippen molar-refractivity contribution in [3.63, 3.8) is 0 Å². The Morgan fingerprint density at radius 1 is 1.17 bits per heavy atom. The van der Waals surface area contributed by atoms with Crippen LogP contribution in [0.25, 0.3) is 22.4 Å². The van der Waals surface area contributed by atoms with E-state index in [1.807, 2.05) is 36.4 Å². The molecular formula is C18H12FN3OS. The van der Waals surface area contributed by atoms with Crippen LogP contribution >= 0.6 is 11.8 Å². The molecule has 118 valence electrons. The maximum atomic E-state index is 14.5. The number of rotatable bonds is 3. The predicted octanol–water partition coefficient (Wildman–Crippen LogP) is 3.84. The Labute approximate surface area is 142 Å². The van der Waals surface area contributed by atoms with Gasteiger partial charge in [-0.1, -0.05) is 54.2 Å². The fraction of sp³-hybridized carbons (Fsp3) is 0.0556. The highest BCUT2D eigenvalue weighted by Gasteiger charge is 2.15. The number of nitrogens with zero attached hydrogens (tertiary/aromatic N) is 2. The van der Waals surface area contributed by atoms with Gasteiger partial charge in [-0.25, -0.2) is 9.37 Å². The van der Waals surface area contributed by atoms with E-state index in [0.717, 1.165) is 5.56 Å². The van der Waals surface area contributed by atoms with E-state index in [1.54, 1.807) is 18.4 Å². The van der Waals surface area contributed by atoms with E-state index in [4.69, 9.17) is 0 Å². The molecule has 24 heavy (non-hydrogen) atoms. The average molecular weight is 337 g/mol. The summed E-state index contributed by atoms with van der Waals surface area (Å²) < 4.78 is 14.5. The van der Waals surface area contributed by atoms with Gasteiger partial charge in [-0.15, -0.1) is 0 Å². The molecule has 0 atom stereocenters. The minimum absolute atomic E-state index is 0.125. The summed E-state index contributed by atoms with van der Waals surface area (Å²) in [4.78, 5) is 18.7. The number of nitriles is 1. The number of hydrogen-bond donors (Lipinski definition) is 1. The molecule has 4 nitrogen and oxygen atoms in total. The molecular weight excluding hydrogens is 325 g/mol. The highest BCUT2D eigenvalue weighted by Crippen LogP contribution is 2.28. The molecule has 0 amide bonds. The first-order valence-corrected chi connectivity index (χ1v) is 8.30. The third kappa shape index (κ3) is 2.94. The third-order valence-electron chi connectivity index (χ3n) is 3.53. The largest absolute Gasteiger partial charge is 0.300 e. The van der Waals surface area contributed by atoms with Crippen LogP contribution in [0.5, 0.6) is 0 Å². The van der Waals surface area contributed by atoms with E-state index in [0.29, 0.717) is 16.3 Å². The van der Waals surface area contributed by atoms with Gasteiger partial charge in [-0.05, 0) is 17.9 Å². The van der Waals surface area contributed by atoms with Crippen molar-refractivity contribution in [2.24, 2.45) is 0 Å². The van der Waals surface area contributed by atoms with E-state index >= 15 is 0 Å². The average Bonchev–Trinajstić information content (AvgIpc) is 2.61. The lowest BCUT2D eigenvalue weighted by Crippen LogP contribution is -2.14. The lowest BCUT2D eigenvalue weighted by atomic mass is 10.0. The zero-order chi connectivity index (χ0) is 17.1. The highest BCUT2D eigenvalue weighted by atomic mass is 32.2. The maximum Gasteiger partial charge on any atom is 0.270 e. The van der Waals surface area contributed by atoms with E-state index in [9.17, 15) is 14.4 Å². The number of hydrogen-bond acceptors (Lipinski definition) is 4. The van der Waals surface area contributed by atoms with Crippen molar-refractivity contribution in [3.8, 4) is 28.5 Å². The molecule has 3 rings (SSSR count). The monoisotopic (exact) mass is 337 g/mol. The van der Waals surface area contributed by atoms with Crippen LogP contribution in [0.3, 0.4) is 0 Å². The predicted molar refractivity (Wildman–Crippen MR) is 92.2 cm³/mol. The Balaban J connectivity index is 2.16. The molecule has 1 N–H and O–H groups in total. The smallest absolute Gasteiger partial charge is 0.270 e. The van der Waals surface area contributed by atoms with Crippen molar-refractivity contribution in [2.45, 2.75) is 5.16 Å². The second kappa shape index (κ2) is 6.69. The van der Waals surface area contributed by atoms with Crippen molar-refractivity contribution in [1.29, 1.82) is 5.26 Å². The Hall–Kier alpha value is -2.91. The van der Waals surface area contributed by atoms with Gasteiger partial charge in [0.1, 0.15) is 17.4 Å². The van der Waals surface area contributed by atoms with E-state index < -0.39 is 11.4 Å². The summed E-state index contributed by atoms with van der Waals surface area (Å²) >= 11 is 1.25. The topological polar surface area (TPSA) is 69.5 Å². The molecule has 6 heteroatoms. The molecule has 2 aromatic carbocycles. The van der Waals surface area contributed by atoms with Crippen molar-refractivity contribution in [3.05, 3.63) is 70.3 Å². The molecule has 0 saturated heterocycles. The van der Waals surface area contributed by atoms with Crippen LogP contribution in [-0.2, 0) is 0 Å². The zero-order valence-electron chi connectivity index (χ0n) is 12.7. The second-order valence-corrected chi connectivity index (χ2v) is 5.77. The summed E-state index contributed by atoms with van der Waals surface area (Å²) in [5.41, 5.74) is 1.13. The summed E-state index contributed by atoms with van der Waals surface area (Å²) in [6.07, 6.45) is 1.76. The molecule has 0 aliphatic carbocycles. The molecule has 0 saturated carbocycles. The van der Waals surface area contributed by atoms with Gasteiger partial charge in [0.05, 0.1) is 5.69 Å². The van der Waals surface area contributed by atoms with Gasteiger partial charge in [0.25, 0.3) is 5.56 Å². The maximum absolute atomic E-state index is 14.5. The number of halogens is 1. The van der Waals surface area contributed by atoms with Crippen molar-refractivity contribution in [1.82, 2.24) is 9.97 Å². The van der Waals surface area contributed by atoms with Gasteiger partial charge in [-0.3, -0.25) is 4.79 Å². The minimum atomic E-state index is -0.528. The Morgan fingerprint density at radius 3 is 2.54 bits per heavy atom. The summed E-state index contributed by atoms with van der Waals surface area (Å²) in [5, 5.41) is 9.59. The Bertz CT molecular complexity index is 993. The van der Waals surface area contributed by atoms with Crippen LogP contribution in [0.2, 0.25) is 0 Å². The number of thioether (sulfide) groups is 1. The van der Waals surface area contributed by atoms with E-state index in [1.165, 1.54) is 17.8 Å². The molecule has 0 aliphatic rings. The van der Waals surface area contributed by atoms with Gasteiger partial charge in [0, 0.05) is 11.1 Å². The Morgan fingerprint density at radius 2 is 1.92 bits per heavy atom. The lowest BCUT2D eigenvalue weighted by Gasteiger charge is -2.08. The van der Waals surface area contributed by atoms with Crippen molar-refractivity contribution in [2.75, 3.05) is 6.26 Å². The van der Waals surface area contributed by atoms with Gasteiger partial charge < -0.3 is 4.98 Å². The van der Waals surface area contributed by atoms with Gasteiger partial charge >= 0.3 is 0 Å². The summed E-state index contributed by atoms with van der Waals surface area (Å²) in [5.74, 6) is -0.435. The van der Waals surface area contributed by atoms with Crippen LogP contribution in [0.4, 0.5) is 4.39 Å².